The Kier molecular flexibility index (Phi) is 4.86. The zero-order valence-corrected chi connectivity index (χ0v) is 12.9. The van der Waals surface area contributed by atoms with Crippen LogP contribution in [0.1, 0.15) is 0 Å². The standard InChI is InChI=1S/C13H6F5N3O3S/c1-24-7-3-2-5(4-6(7)14)25(22,23)13-10(17)8(15)12(20-21-19)9(16)11(13)18/h2-4H,1H3. The SMILES string of the molecule is COc1ccc(S(=O)(=O)c2c(F)c(F)c(N=[N+]=[N-])c(F)c2F)cc1F. The highest BCUT2D eigenvalue weighted by molar-refractivity contribution is 7.91. The predicted molar refractivity (Wildman–Crippen MR) is 73.5 cm³/mol. The Labute approximate surface area is 137 Å². The number of methoxy groups -OCH3 is 1. The highest BCUT2D eigenvalue weighted by Gasteiger charge is 2.34. The third kappa shape index (κ3) is 2.96. The number of sulfone groups is 1. The lowest BCUT2D eigenvalue weighted by atomic mass is 10.2. The van der Waals surface area contributed by atoms with E-state index in [1.165, 1.54) is 0 Å². The fourth-order valence-corrected chi connectivity index (χ4v) is 3.29. The van der Waals surface area contributed by atoms with E-state index in [-0.39, 0.29) is 5.75 Å². The minimum absolute atomic E-state index is 0.365. The Hall–Kier alpha value is -2.85. The summed E-state index contributed by atoms with van der Waals surface area (Å²) in [4.78, 5) is -0.966. The summed E-state index contributed by atoms with van der Waals surface area (Å²) in [5.74, 6) is -10.6. The lowest BCUT2D eigenvalue weighted by Gasteiger charge is -2.11. The van der Waals surface area contributed by atoms with Crippen molar-refractivity contribution in [1.82, 2.24) is 0 Å². The van der Waals surface area contributed by atoms with Gasteiger partial charge in [-0.05, 0) is 23.7 Å². The first kappa shape index (κ1) is 18.5. The third-order valence-electron chi connectivity index (χ3n) is 3.05. The molecule has 25 heavy (non-hydrogen) atoms. The van der Waals surface area contributed by atoms with Crippen LogP contribution in [0.2, 0.25) is 0 Å². The van der Waals surface area contributed by atoms with E-state index in [0.717, 1.165) is 19.2 Å². The monoisotopic (exact) mass is 379 g/mol. The quantitative estimate of drug-likeness (QED) is 0.262. The summed E-state index contributed by atoms with van der Waals surface area (Å²) >= 11 is 0. The van der Waals surface area contributed by atoms with E-state index in [1.54, 1.807) is 0 Å². The van der Waals surface area contributed by atoms with Crippen molar-refractivity contribution >= 4 is 15.5 Å². The van der Waals surface area contributed by atoms with Crippen LogP contribution in [-0.2, 0) is 9.84 Å². The Morgan fingerprint density at radius 2 is 1.60 bits per heavy atom. The molecule has 0 aliphatic rings. The van der Waals surface area contributed by atoms with Gasteiger partial charge in [0, 0.05) is 4.91 Å². The fraction of sp³-hybridized carbons (Fsp3) is 0.0769. The lowest BCUT2D eigenvalue weighted by molar-refractivity contribution is 0.385. The van der Waals surface area contributed by atoms with Crippen LogP contribution < -0.4 is 4.74 Å². The summed E-state index contributed by atoms with van der Waals surface area (Å²) in [6, 6.07) is 1.94. The van der Waals surface area contributed by atoms with Crippen molar-refractivity contribution < 1.29 is 35.1 Å². The van der Waals surface area contributed by atoms with Gasteiger partial charge in [0.15, 0.2) is 34.8 Å². The van der Waals surface area contributed by atoms with Gasteiger partial charge in [-0.15, -0.1) is 0 Å². The molecule has 0 spiro atoms. The van der Waals surface area contributed by atoms with Crippen LogP contribution >= 0.6 is 0 Å². The van der Waals surface area contributed by atoms with Gasteiger partial charge in [-0.25, -0.2) is 30.4 Å². The maximum Gasteiger partial charge on any atom is 0.212 e. The molecule has 6 nitrogen and oxygen atoms in total. The summed E-state index contributed by atoms with van der Waals surface area (Å²) in [6.45, 7) is 0. The van der Waals surface area contributed by atoms with Gasteiger partial charge in [-0.3, -0.25) is 0 Å². The van der Waals surface area contributed by atoms with E-state index in [0.29, 0.717) is 6.07 Å². The molecule has 0 aliphatic heterocycles. The molecular weight excluding hydrogens is 373 g/mol. The van der Waals surface area contributed by atoms with Gasteiger partial charge in [0.25, 0.3) is 0 Å². The number of halogens is 5. The minimum atomic E-state index is -5.18. The first-order valence-electron chi connectivity index (χ1n) is 6.16. The molecule has 0 radical (unpaired) electrons. The zero-order valence-electron chi connectivity index (χ0n) is 12.1. The normalized spacial score (nSPS) is 11.1. The Morgan fingerprint density at radius 3 is 2.04 bits per heavy atom. The van der Waals surface area contributed by atoms with Crippen molar-refractivity contribution in [2.75, 3.05) is 7.11 Å². The highest BCUT2D eigenvalue weighted by atomic mass is 32.2. The third-order valence-corrected chi connectivity index (χ3v) is 4.82. The molecule has 0 aliphatic carbocycles. The number of nitrogens with zero attached hydrogens (tertiary/aromatic N) is 3. The van der Waals surface area contributed by atoms with E-state index in [4.69, 9.17) is 5.53 Å². The fourth-order valence-electron chi connectivity index (χ4n) is 1.90. The molecule has 12 heteroatoms. The van der Waals surface area contributed by atoms with Gasteiger partial charge in [0.1, 0.15) is 10.6 Å². The molecule has 0 saturated heterocycles. The van der Waals surface area contributed by atoms with Gasteiger partial charge in [-0.2, -0.15) is 0 Å². The van der Waals surface area contributed by atoms with Crippen molar-refractivity contribution in [2.45, 2.75) is 9.79 Å². The molecule has 2 aromatic carbocycles. The van der Waals surface area contributed by atoms with E-state index in [2.05, 4.69) is 9.85 Å². The Morgan fingerprint density at radius 1 is 1.04 bits per heavy atom. The average Bonchev–Trinajstić information content (AvgIpc) is 2.56. The minimum Gasteiger partial charge on any atom is -0.494 e. The van der Waals surface area contributed by atoms with Gasteiger partial charge in [0.05, 0.1) is 12.0 Å². The summed E-state index contributed by atoms with van der Waals surface area (Å²) in [7, 11) is -4.10. The number of hydrogen-bond acceptors (Lipinski definition) is 4. The molecule has 2 aromatic rings. The van der Waals surface area contributed by atoms with Crippen LogP contribution in [0.15, 0.2) is 33.1 Å². The van der Waals surface area contributed by atoms with E-state index in [1.807, 2.05) is 4.91 Å². The molecule has 0 bridgehead atoms. The van der Waals surface area contributed by atoms with Gasteiger partial charge in [0.2, 0.25) is 9.84 Å². The second-order valence-corrected chi connectivity index (χ2v) is 6.31. The van der Waals surface area contributed by atoms with Crippen LogP contribution in [0.4, 0.5) is 27.6 Å². The largest absolute Gasteiger partial charge is 0.494 e. The van der Waals surface area contributed by atoms with Crippen LogP contribution in [-0.4, -0.2) is 15.5 Å². The van der Waals surface area contributed by atoms with Crippen LogP contribution in [0.5, 0.6) is 5.75 Å². The molecule has 132 valence electrons. The number of benzene rings is 2. The second kappa shape index (κ2) is 6.57. The molecule has 0 heterocycles. The van der Waals surface area contributed by atoms with Crippen molar-refractivity contribution in [3.8, 4) is 5.75 Å². The van der Waals surface area contributed by atoms with E-state index < -0.39 is 54.4 Å². The van der Waals surface area contributed by atoms with Crippen molar-refractivity contribution in [3.05, 3.63) is 57.7 Å². The van der Waals surface area contributed by atoms with Gasteiger partial charge >= 0.3 is 0 Å². The van der Waals surface area contributed by atoms with Crippen LogP contribution in [0.3, 0.4) is 0 Å². The molecule has 0 N–H and O–H groups in total. The molecule has 0 atom stereocenters. The number of hydrogen-bond donors (Lipinski definition) is 0. The van der Waals surface area contributed by atoms with Crippen molar-refractivity contribution in [1.29, 1.82) is 0 Å². The number of ether oxygens (including phenoxy) is 1. The van der Waals surface area contributed by atoms with Gasteiger partial charge < -0.3 is 4.74 Å². The first-order valence-corrected chi connectivity index (χ1v) is 7.64. The maximum absolute atomic E-state index is 14.0. The summed E-state index contributed by atoms with van der Waals surface area (Å²) in [6.07, 6.45) is 0. The van der Waals surface area contributed by atoms with Gasteiger partial charge in [-0.1, -0.05) is 5.11 Å². The molecule has 2 rings (SSSR count). The van der Waals surface area contributed by atoms with E-state index >= 15 is 0 Å². The van der Waals surface area contributed by atoms with Crippen LogP contribution in [0, 0.1) is 29.1 Å². The van der Waals surface area contributed by atoms with Crippen LogP contribution in [0.25, 0.3) is 10.4 Å². The maximum atomic E-state index is 14.0. The second-order valence-electron chi connectivity index (χ2n) is 4.42. The molecule has 0 unspecified atom stereocenters. The molecular formula is C13H6F5N3O3S. The predicted octanol–water partition coefficient (Wildman–Crippen LogP) is 4.17. The van der Waals surface area contributed by atoms with Crippen molar-refractivity contribution in [3.63, 3.8) is 0 Å². The number of azide groups is 1. The summed E-state index contributed by atoms with van der Waals surface area (Å²) in [5.41, 5.74) is 6.48. The first-order chi connectivity index (χ1) is 11.7. The molecule has 0 aromatic heterocycles. The Bertz CT molecular complexity index is 991. The molecule has 0 amide bonds. The van der Waals surface area contributed by atoms with E-state index in [9.17, 15) is 30.4 Å². The smallest absolute Gasteiger partial charge is 0.212 e. The molecule has 0 fully saturated rings. The number of rotatable bonds is 4. The molecule has 0 saturated carbocycles. The lowest BCUT2D eigenvalue weighted by Crippen LogP contribution is -2.12. The summed E-state index contributed by atoms with van der Waals surface area (Å²) < 4.78 is 98.2. The summed E-state index contributed by atoms with van der Waals surface area (Å²) in [5, 5.41) is 2.44. The average molecular weight is 379 g/mol. The van der Waals surface area contributed by atoms with Crippen molar-refractivity contribution in [2.24, 2.45) is 5.11 Å². The topological polar surface area (TPSA) is 92.1 Å². The Balaban J connectivity index is 2.81. The zero-order chi connectivity index (χ0) is 18.9. The highest BCUT2D eigenvalue weighted by Crippen LogP contribution is 2.36.